The summed E-state index contributed by atoms with van der Waals surface area (Å²) < 4.78 is 7.57. The summed E-state index contributed by atoms with van der Waals surface area (Å²) in [4.78, 5) is 35.4. The van der Waals surface area contributed by atoms with Crippen molar-refractivity contribution in [3.63, 3.8) is 0 Å². The molecule has 9 heteroatoms. The van der Waals surface area contributed by atoms with Gasteiger partial charge in [-0.1, -0.05) is 12.1 Å². The van der Waals surface area contributed by atoms with Gasteiger partial charge < -0.3 is 24.2 Å². The maximum atomic E-state index is 13.7. The number of pyridine rings is 1. The highest BCUT2D eigenvalue weighted by atomic mass is 16.5. The van der Waals surface area contributed by atoms with Gasteiger partial charge in [0.25, 0.3) is 5.91 Å². The van der Waals surface area contributed by atoms with Crippen LogP contribution < -0.4 is 10.2 Å². The number of hydrogen-bond acceptors (Lipinski definition) is 6. The second-order valence-electron chi connectivity index (χ2n) is 9.74. The zero-order chi connectivity index (χ0) is 24.7. The first-order valence-electron chi connectivity index (χ1n) is 12.3. The van der Waals surface area contributed by atoms with Crippen LogP contribution in [0.2, 0.25) is 0 Å². The normalized spacial score (nSPS) is 18.8. The third-order valence-corrected chi connectivity index (χ3v) is 6.94. The molecule has 1 N–H and O–H groups in total. The summed E-state index contributed by atoms with van der Waals surface area (Å²) in [6, 6.07) is 8.01. The first-order valence-corrected chi connectivity index (χ1v) is 12.3. The molecular weight excluding hydrogens is 444 g/mol. The minimum atomic E-state index is -0.556. The van der Waals surface area contributed by atoms with Gasteiger partial charge >= 0.3 is 0 Å². The maximum Gasteiger partial charge on any atom is 0.259 e. The smallest absolute Gasteiger partial charge is 0.259 e. The van der Waals surface area contributed by atoms with Crippen LogP contribution in [0.1, 0.15) is 61.1 Å². The molecule has 2 amide bonds. The lowest BCUT2D eigenvalue weighted by Crippen LogP contribution is -2.56. The van der Waals surface area contributed by atoms with E-state index in [0.29, 0.717) is 42.9 Å². The van der Waals surface area contributed by atoms with E-state index < -0.39 is 5.54 Å². The number of aryl methyl sites for hydroxylation is 2. The Morgan fingerprint density at radius 3 is 2.86 bits per heavy atom. The van der Waals surface area contributed by atoms with Gasteiger partial charge in [0.15, 0.2) is 5.82 Å². The Hall–Kier alpha value is -3.62. The second kappa shape index (κ2) is 8.87. The van der Waals surface area contributed by atoms with Gasteiger partial charge in [-0.15, -0.1) is 0 Å². The molecule has 5 heterocycles. The van der Waals surface area contributed by atoms with Crippen molar-refractivity contribution in [2.75, 3.05) is 24.5 Å². The highest BCUT2D eigenvalue weighted by molar-refractivity contribution is 5.96. The lowest BCUT2D eigenvalue weighted by Gasteiger charge is -2.46. The molecule has 0 saturated carbocycles. The minimum absolute atomic E-state index is 0.0377. The fourth-order valence-electron chi connectivity index (χ4n) is 5.49. The van der Waals surface area contributed by atoms with E-state index in [9.17, 15) is 9.59 Å². The van der Waals surface area contributed by atoms with Crippen LogP contribution in [-0.4, -0.2) is 57.1 Å². The summed E-state index contributed by atoms with van der Waals surface area (Å²) in [6.07, 6.45) is 6.00. The lowest BCUT2D eigenvalue weighted by atomic mass is 9.88. The molecule has 184 valence electrons. The summed E-state index contributed by atoms with van der Waals surface area (Å²) in [5.74, 6) is 1.32. The molecule has 1 unspecified atom stereocenters. The molecule has 0 bridgehead atoms. The number of amides is 2. The molecule has 2 aliphatic heterocycles. The van der Waals surface area contributed by atoms with Crippen molar-refractivity contribution in [1.29, 1.82) is 0 Å². The zero-order valence-corrected chi connectivity index (χ0v) is 20.7. The number of anilines is 1. The molecule has 1 fully saturated rings. The molecule has 1 saturated heterocycles. The van der Waals surface area contributed by atoms with Gasteiger partial charge in [-0.05, 0) is 57.9 Å². The lowest BCUT2D eigenvalue weighted by molar-refractivity contribution is -0.120. The third kappa shape index (κ3) is 3.79. The monoisotopic (exact) mass is 476 g/mol. The standard InChI is InChI=1S/C26H32N6O3/c1-5-8-20-23(18(4)29-35-20)25(34)30-14-11-26(16-30)21-10-7-13-31(21)24-19(9-6-12-27-24)32(26)15-22(33)28-17(2)3/h6-7,9-10,12-13,17H,5,8,11,14-16H2,1-4H3,(H,28,33). The summed E-state index contributed by atoms with van der Waals surface area (Å²) in [6.45, 7) is 8.98. The Labute approximate surface area is 205 Å². The fourth-order valence-corrected chi connectivity index (χ4v) is 5.49. The van der Waals surface area contributed by atoms with Crippen LogP contribution in [0.5, 0.6) is 0 Å². The van der Waals surface area contributed by atoms with Gasteiger partial charge in [0.1, 0.15) is 16.9 Å². The van der Waals surface area contributed by atoms with Gasteiger partial charge in [0.2, 0.25) is 5.91 Å². The first-order chi connectivity index (χ1) is 16.9. The Balaban J connectivity index is 1.55. The Morgan fingerprint density at radius 2 is 2.09 bits per heavy atom. The molecule has 1 spiro atoms. The number of likely N-dealkylation sites (tertiary alicyclic amines) is 1. The highest BCUT2D eigenvalue weighted by Crippen LogP contribution is 2.47. The van der Waals surface area contributed by atoms with Crippen LogP contribution in [0.15, 0.2) is 41.2 Å². The SMILES string of the molecule is CCCc1onc(C)c1C(=O)N1CCC2(C1)c1cccn1-c1ncccc1N2CC(=O)NC(C)C. The predicted molar refractivity (Wildman–Crippen MR) is 132 cm³/mol. The van der Waals surface area contributed by atoms with E-state index in [1.165, 1.54) is 0 Å². The van der Waals surface area contributed by atoms with Gasteiger partial charge in [-0.3, -0.25) is 9.59 Å². The number of nitrogens with one attached hydrogen (secondary N) is 1. The van der Waals surface area contributed by atoms with Gasteiger partial charge in [-0.2, -0.15) is 0 Å². The molecule has 5 rings (SSSR count). The molecule has 3 aromatic rings. The number of hydrogen-bond donors (Lipinski definition) is 1. The van der Waals surface area contributed by atoms with E-state index in [4.69, 9.17) is 4.52 Å². The van der Waals surface area contributed by atoms with Crippen molar-refractivity contribution < 1.29 is 14.1 Å². The average molecular weight is 477 g/mol. The summed E-state index contributed by atoms with van der Waals surface area (Å²) in [5.41, 5.74) is 2.55. The number of carbonyl (C=O) groups excluding carboxylic acids is 2. The van der Waals surface area contributed by atoms with Crippen LogP contribution in [0.3, 0.4) is 0 Å². The maximum absolute atomic E-state index is 13.7. The predicted octanol–water partition coefficient (Wildman–Crippen LogP) is 3.21. The number of rotatable bonds is 6. The third-order valence-electron chi connectivity index (χ3n) is 6.94. The Kier molecular flexibility index (Phi) is 5.86. The van der Waals surface area contributed by atoms with Gasteiger partial charge in [0.05, 0.1) is 23.6 Å². The van der Waals surface area contributed by atoms with Gasteiger partial charge in [-0.25, -0.2) is 4.98 Å². The van der Waals surface area contributed by atoms with E-state index in [1.807, 2.05) is 50.1 Å². The van der Waals surface area contributed by atoms with Crippen molar-refractivity contribution in [2.24, 2.45) is 0 Å². The van der Waals surface area contributed by atoms with Crippen LogP contribution in [0.25, 0.3) is 5.82 Å². The van der Waals surface area contributed by atoms with Crippen LogP contribution in [-0.2, 0) is 16.8 Å². The number of aromatic nitrogens is 3. The Morgan fingerprint density at radius 1 is 1.26 bits per heavy atom. The quantitative estimate of drug-likeness (QED) is 0.587. The molecule has 0 aliphatic carbocycles. The van der Waals surface area contributed by atoms with E-state index in [-0.39, 0.29) is 24.4 Å². The molecule has 35 heavy (non-hydrogen) atoms. The van der Waals surface area contributed by atoms with E-state index in [2.05, 4.69) is 37.9 Å². The number of carbonyl (C=O) groups is 2. The van der Waals surface area contributed by atoms with E-state index in [0.717, 1.165) is 23.6 Å². The Bertz CT molecular complexity index is 1260. The average Bonchev–Trinajstić information content (AvgIpc) is 3.56. The van der Waals surface area contributed by atoms with Crippen LogP contribution in [0, 0.1) is 6.92 Å². The van der Waals surface area contributed by atoms with Crippen LogP contribution in [0.4, 0.5) is 5.69 Å². The molecule has 3 aromatic heterocycles. The molecule has 9 nitrogen and oxygen atoms in total. The molecule has 0 aromatic carbocycles. The van der Waals surface area contributed by atoms with Crippen molar-refractivity contribution in [2.45, 2.75) is 58.5 Å². The van der Waals surface area contributed by atoms with Crippen molar-refractivity contribution in [1.82, 2.24) is 24.9 Å². The van der Waals surface area contributed by atoms with Crippen molar-refractivity contribution in [3.05, 3.63) is 59.4 Å². The largest absolute Gasteiger partial charge is 0.360 e. The minimum Gasteiger partial charge on any atom is -0.360 e. The highest BCUT2D eigenvalue weighted by Gasteiger charge is 2.51. The second-order valence-corrected chi connectivity index (χ2v) is 9.74. The number of fused-ring (bicyclic) bond motifs is 4. The zero-order valence-electron chi connectivity index (χ0n) is 20.7. The summed E-state index contributed by atoms with van der Waals surface area (Å²) >= 11 is 0. The van der Waals surface area contributed by atoms with Crippen molar-refractivity contribution >= 4 is 17.5 Å². The van der Waals surface area contributed by atoms with Crippen LogP contribution >= 0.6 is 0 Å². The van der Waals surface area contributed by atoms with Gasteiger partial charge in [0, 0.05) is 37.9 Å². The number of nitrogens with zero attached hydrogens (tertiary/aromatic N) is 5. The van der Waals surface area contributed by atoms with E-state index >= 15 is 0 Å². The molecule has 1 atom stereocenters. The van der Waals surface area contributed by atoms with E-state index in [1.54, 1.807) is 6.20 Å². The first kappa shape index (κ1) is 23.1. The molecular formula is C26H32N6O3. The molecule has 2 aliphatic rings. The van der Waals surface area contributed by atoms with Crippen molar-refractivity contribution in [3.8, 4) is 5.82 Å². The summed E-state index contributed by atoms with van der Waals surface area (Å²) in [5, 5.41) is 7.09. The topological polar surface area (TPSA) is 96.5 Å². The summed E-state index contributed by atoms with van der Waals surface area (Å²) in [7, 11) is 0. The molecule has 0 radical (unpaired) electrons. The fraction of sp³-hybridized carbons (Fsp3) is 0.462.